The Labute approximate surface area is 114 Å². The van der Waals surface area contributed by atoms with Crippen LogP contribution in [0.5, 0.6) is 0 Å². The van der Waals surface area contributed by atoms with Crippen LogP contribution in [0.1, 0.15) is 16.1 Å². The Hall–Kier alpha value is -2.14. The molecule has 5 nitrogen and oxygen atoms in total. The van der Waals surface area contributed by atoms with Crippen molar-refractivity contribution in [2.45, 2.75) is 6.92 Å². The lowest BCUT2D eigenvalue weighted by Crippen LogP contribution is -2.21. The van der Waals surface area contributed by atoms with Gasteiger partial charge in [0.2, 0.25) is 11.1 Å². The maximum atomic E-state index is 11.5. The highest BCUT2D eigenvalue weighted by atomic mass is 35.5. The number of ether oxygens (including phenoxy) is 1. The lowest BCUT2D eigenvalue weighted by atomic mass is 10.2. The number of nitrogens with zero attached hydrogens (tertiary/aromatic N) is 2. The predicted molar refractivity (Wildman–Crippen MR) is 70.9 cm³/mol. The van der Waals surface area contributed by atoms with Crippen molar-refractivity contribution in [3.8, 4) is 5.69 Å². The minimum Gasteiger partial charge on any atom is -0.464 e. The SMILES string of the molecule is COC(=O)c1nn(-c2ccc(C)c(Cl)c2)ccc1=O. The van der Waals surface area contributed by atoms with E-state index in [1.807, 2.05) is 13.0 Å². The number of methoxy groups -OCH3 is 1. The summed E-state index contributed by atoms with van der Waals surface area (Å²) in [7, 11) is 1.20. The van der Waals surface area contributed by atoms with Gasteiger partial charge in [-0.2, -0.15) is 5.10 Å². The highest BCUT2D eigenvalue weighted by molar-refractivity contribution is 6.31. The van der Waals surface area contributed by atoms with E-state index in [2.05, 4.69) is 9.84 Å². The first-order valence-corrected chi connectivity index (χ1v) is 5.85. The molecule has 0 N–H and O–H groups in total. The third kappa shape index (κ3) is 2.66. The van der Waals surface area contributed by atoms with Gasteiger partial charge in [0.15, 0.2) is 0 Å². The quantitative estimate of drug-likeness (QED) is 0.788. The first kappa shape index (κ1) is 13.3. The van der Waals surface area contributed by atoms with Crippen LogP contribution in [-0.2, 0) is 4.74 Å². The van der Waals surface area contributed by atoms with Crippen LogP contribution in [0.25, 0.3) is 5.69 Å². The van der Waals surface area contributed by atoms with Crippen LogP contribution in [-0.4, -0.2) is 22.9 Å². The van der Waals surface area contributed by atoms with E-state index >= 15 is 0 Å². The Morgan fingerprint density at radius 2 is 2.11 bits per heavy atom. The van der Waals surface area contributed by atoms with Gasteiger partial charge in [-0.15, -0.1) is 0 Å². The van der Waals surface area contributed by atoms with E-state index in [1.54, 1.807) is 12.1 Å². The second-order valence-electron chi connectivity index (χ2n) is 3.90. The van der Waals surface area contributed by atoms with Gasteiger partial charge >= 0.3 is 5.97 Å². The van der Waals surface area contributed by atoms with Gasteiger partial charge in [-0.05, 0) is 24.6 Å². The fourth-order valence-electron chi connectivity index (χ4n) is 1.51. The topological polar surface area (TPSA) is 61.2 Å². The Morgan fingerprint density at radius 1 is 1.37 bits per heavy atom. The van der Waals surface area contributed by atoms with E-state index in [0.29, 0.717) is 10.7 Å². The molecule has 0 radical (unpaired) electrons. The molecule has 0 aliphatic carbocycles. The summed E-state index contributed by atoms with van der Waals surface area (Å²) in [5.41, 5.74) is 0.836. The summed E-state index contributed by atoms with van der Waals surface area (Å²) in [4.78, 5) is 22.9. The maximum absolute atomic E-state index is 11.5. The monoisotopic (exact) mass is 278 g/mol. The molecule has 0 fully saturated rings. The van der Waals surface area contributed by atoms with Gasteiger partial charge in [-0.1, -0.05) is 17.7 Å². The molecule has 0 saturated heterocycles. The average Bonchev–Trinajstić information content (AvgIpc) is 2.41. The number of rotatable bonds is 2. The van der Waals surface area contributed by atoms with Gasteiger partial charge in [0, 0.05) is 17.3 Å². The number of hydrogen-bond donors (Lipinski definition) is 0. The van der Waals surface area contributed by atoms with Gasteiger partial charge in [0.25, 0.3) is 0 Å². The van der Waals surface area contributed by atoms with E-state index in [4.69, 9.17) is 11.6 Å². The zero-order chi connectivity index (χ0) is 14.0. The van der Waals surface area contributed by atoms with Gasteiger partial charge in [0.05, 0.1) is 12.8 Å². The van der Waals surface area contributed by atoms with Crippen LogP contribution >= 0.6 is 11.6 Å². The van der Waals surface area contributed by atoms with Crippen molar-refractivity contribution in [2.24, 2.45) is 0 Å². The van der Waals surface area contributed by atoms with Crippen LogP contribution in [0.15, 0.2) is 35.3 Å². The largest absolute Gasteiger partial charge is 0.464 e. The molecule has 2 rings (SSSR count). The van der Waals surface area contributed by atoms with Crippen molar-refractivity contribution in [3.05, 3.63) is 57.0 Å². The lowest BCUT2D eigenvalue weighted by molar-refractivity contribution is 0.0590. The van der Waals surface area contributed by atoms with Crippen molar-refractivity contribution >= 4 is 17.6 Å². The van der Waals surface area contributed by atoms with Crippen molar-refractivity contribution in [1.82, 2.24) is 9.78 Å². The smallest absolute Gasteiger partial charge is 0.362 e. The Kier molecular flexibility index (Phi) is 3.66. The van der Waals surface area contributed by atoms with Crippen LogP contribution < -0.4 is 5.43 Å². The standard InChI is InChI=1S/C13H11ClN2O3/c1-8-3-4-9(7-10(8)14)16-6-5-11(17)12(15-16)13(18)19-2/h3-7H,1-2H3. The molecule has 0 spiro atoms. The van der Waals surface area contributed by atoms with Crippen molar-refractivity contribution in [1.29, 1.82) is 0 Å². The minimum atomic E-state index is -0.766. The minimum absolute atomic E-state index is 0.262. The molecule has 0 bridgehead atoms. The van der Waals surface area contributed by atoms with E-state index < -0.39 is 11.4 Å². The second-order valence-corrected chi connectivity index (χ2v) is 4.31. The zero-order valence-electron chi connectivity index (χ0n) is 10.4. The van der Waals surface area contributed by atoms with Crippen LogP contribution in [0, 0.1) is 6.92 Å². The van der Waals surface area contributed by atoms with Crippen LogP contribution in [0.3, 0.4) is 0 Å². The van der Waals surface area contributed by atoms with Gasteiger partial charge in [-0.3, -0.25) is 4.79 Å². The molecule has 0 amide bonds. The molecule has 0 aliphatic rings. The maximum Gasteiger partial charge on any atom is 0.362 e. The predicted octanol–water partition coefficient (Wildman–Crippen LogP) is 1.98. The second kappa shape index (κ2) is 5.24. The van der Waals surface area contributed by atoms with Crippen molar-refractivity contribution in [2.75, 3.05) is 7.11 Å². The van der Waals surface area contributed by atoms with Gasteiger partial charge in [-0.25, -0.2) is 9.48 Å². The number of esters is 1. The van der Waals surface area contributed by atoms with E-state index in [0.717, 1.165) is 5.56 Å². The number of carbonyl (C=O) groups is 1. The Morgan fingerprint density at radius 3 is 2.74 bits per heavy atom. The molecule has 0 atom stereocenters. The molecule has 19 heavy (non-hydrogen) atoms. The van der Waals surface area contributed by atoms with Crippen LogP contribution in [0.2, 0.25) is 5.02 Å². The molecule has 6 heteroatoms. The number of carbonyl (C=O) groups excluding carboxylic acids is 1. The first-order chi connectivity index (χ1) is 9.02. The van der Waals surface area contributed by atoms with Gasteiger partial charge in [0.1, 0.15) is 0 Å². The summed E-state index contributed by atoms with van der Waals surface area (Å²) < 4.78 is 5.91. The molecule has 1 heterocycles. The number of hydrogen-bond acceptors (Lipinski definition) is 4. The molecular weight excluding hydrogens is 268 g/mol. The first-order valence-electron chi connectivity index (χ1n) is 5.48. The normalized spacial score (nSPS) is 10.3. The highest BCUT2D eigenvalue weighted by Crippen LogP contribution is 2.18. The summed E-state index contributed by atoms with van der Waals surface area (Å²) in [6.07, 6.45) is 1.47. The van der Waals surface area contributed by atoms with E-state index in [-0.39, 0.29) is 5.69 Å². The summed E-state index contributed by atoms with van der Waals surface area (Å²) in [6, 6.07) is 6.58. The third-order valence-electron chi connectivity index (χ3n) is 2.61. The summed E-state index contributed by atoms with van der Waals surface area (Å²) in [5, 5.41) is 4.54. The molecule has 0 saturated carbocycles. The van der Waals surface area contributed by atoms with E-state index in [1.165, 1.54) is 24.1 Å². The summed E-state index contributed by atoms with van der Waals surface area (Å²) in [6.45, 7) is 1.88. The molecule has 0 unspecified atom stereocenters. The Bertz CT molecular complexity index is 695. The molecule has 98 valence electrons. The molecule has 2 aromatic rings. The van der Waals surface area contributed by atoms with E-state index in [9.17, 15) is 9.59 Å². The van der Waals surface area contributed by atoms with Crippen molar-refractivity contribution < 1.29 is 9.53 Å². The number of benzene rings is 1. The highest BCUT2D eigenvalue weighted by Gasteiger charge is 2.13. The fourth-order valence-corrected chi connectivity index (χ4v) is 1.69. The molecule has 1 aromatic carbocycles. The average molecular weight is 279 g/mol. The summed E-state index contributed by atoms with van der Waals surface area (Å²) >= 11 is 6.03. The van der Waals surface area contributed by atoms with Crippen LogP contribution in [0.4, 0.5) is 0 Å². The Balaban J connectivity index is 2.54. The lowest BCUT2D eigenvalue weighted by Gasteiger charge is -2.08. The summed E-state index contributed by atoms with van der Waals surface area (Å²) in [5.74, 6) is -0.766. The fraction of sp³-hybridized carbons (Fsp3) is 0.154. The number of aryl methyl sites for hydroxylation is 1. The van der Waals surface area contributed by atoms with Gasteiger partial charge < -0.3 is 4.74 Å². The third-order valence-corrected chi connectivity index (χ3v) is 3.01. The van der Waals surface area contributed by atoms with Crippen molar-refractivity contribution in [3.63, 3.8) is 0 Å². The number of aromatic nitrogens is 2. The zero-order valence-corrected chi connectivity index (χ0v) is 11.1. The molecule has 0 aliphatic heterocycles. The number of halogens is 1. The molecular formula is C13H11ClN2O3. The molecule has 1 aromatic heterocycles.